The summed E-state index contributed by atoms with van der Waals surface area (Å²) in [6.45, 7) is 6.19. The van der Waals surface area contributed by atoms with E-state index >= 15 is 0 Å². The molecule has 1 aliphatic heterocycles. The van der Waals surface area contributed by atoms with E-state index in [1.807, 2.05) is 38.1 Å². The molecule has 164 valence electrons. The molecule has 0 spiro atoms. The van der Waals surface area contributed by atoms with Crippen molar-refractivity contribution in [1.29, 1.82) is 0 Å². The molecule has 9 heteroatoms. The Morgan fingerprint density at radius 3 is 2.66 bits per heavy atom. The highest BCUT2D eigenvalue weighted by molar-refractivity contribution is 7.89. The molecule has 1 aromatic carbocycles. The molecule has 0 aliphatic carbocycles. The largest absolute Gasteiger partial charge is 0.375 e. The molecule has 1 aliphatic rings. The second-order valence-electron chi connectivity index (χ2n) is 7.13. The number of halogens is 1. The Balaban J connectivity index is 1.96. The zero-order valence-electron chi connectivity index (χ0n) is 17.5. The van der Waals surface area contributed by atoms with Crippen molar-refractivity contribution in [2.45, 2.75) is 45.3 Å². The fraction of sp³-hybridized carbons (Fsp3) is 0.650. The average molecular weight is 445 g/mol. The SMILES string of the molecule is CCCS(=O)(=O)N1CCC(NC(=NCC(OC)c2cccc(Cl)c2)NCC)CC1. The number of sulfonamides is 1. The van der Waals surface area contributed by atoms with Crippen molar-refractivity contribution < 1.29 is 13.2 Å². The van der Waals surface area contributed by atoms with Crippen LogP contribution in [0.3, 0.4) is 0 Å². The summed E-state index contributed by atoms with van der Waals surface area (Å²) in [5.41, 5.74) is 0.981. The molecule has 1 unspecified atom stereocenters. The minimum Gasteiger partial charge on any atom is -0.375 e. The van der Waals surface area contributed by atoms with Crippen molar-refractivity contribution in [2.24, 2.45) is 4.99 Å². The number of ether oxygens (including phenoxy) is 1. The summed E-state index contributed by atoms with van der Waals surface area (Å²) in [5.74, 6) is 0.934. The highest BCUT2D eigenvalue weighted by Crippen LogP contribution is 2.21. The van der Waals surface area contributed by atoms with Crippen LogP contribution in [0.1, 0.15) is 44.8 Å². The van der Waals surface area contributed by atoms with Crippen LogP contribution >= 0.6 is 11.6 Å². The third-order valence-electron chi connectivity index (χ3n) is 4.91. The molecular formula is C20H33ClN4O3S. The number of nitrogens with zero attached hydrogens (tertiary/aromatic N) is 2. The maximum atomic E-state index is 12.2. The van der Waals surface area contributed by atoms with Crippen LogP contribution in [-0.4, -0.2) is 63.8 Å². The van der Waals surface area contributed by atoms with E-state index in [-0.39, 0.29) is 17.9 Å². The Morgan fingerprint density at radius 2 is 2.07 bits per heavy atom. The molecule has 1 fully saturated rings. The minimum absolute atomic E-state index is 0.188. The molecule has 1 aromatic rings. The first-order chi connectivity index (χ1) is 13.9. The van der Waals surface area contributed by atoms with Gasteiger partial charge in [0.25, 0.3) is 0 Å². The van der Waals surface area contributed by atoms with Crippen LogP contribution in [0.25, 0.3) is 0 Å². The van der Waals surface area contributed by atoms with Crippen LogP contribution < -0.4 is 10.6 Å². The highest BCUT2D eigenvalue weighted by Gasteiger charge is 2.27. The number of rotatable bonds is 9. The molecule has 1 atom stereocenters. The van der Waals surface area contributed by atoms with Gasteiger partial charge in [-0.05, 0) is 43.9 Å². The smallest absolute Gasteiger partial charge is 0.214 e. The summed E-state index contributed by atoms with van der Waals surface area (Å²) in [6, 6.07) is 7.78. The standard InChI is InChI=1S/C20H33ClN4O3S/c1-4-13-29(26,27)25-11-9-18(10-12-25)24-20(22-5-2)23-15-19(28-3)16-7-6-8-17(21)14-16/h6-8,14,18-19H,4-5,9-13,15H2,1-3H3,(H2,22,23,24). The fourth-order valence-electron chi connectivity index (χ4n) is 3.38. The van der Waals surface area contributed by atoms with Gasteiger partial charge in [0.1, 0.15) is 6.10 Å². The first-order valence-corrected chi connectivity index (χ1v) is 12.2. The Kier molecular flexibility index (Phi) is 9.68. The van der Waals surface area contributed by atoms with Gasteiger partial charge in [-0.3, -0.25) is 4.99 Å². The van der Waals surface area contributed by atoms with Crippen molar-refractivity contribution in [1.82, 2.24) is 14.9 Å². The Hall–Kier alpha value is -1.35. The predicted octanol–water partition coefficient (Wildman–Crippen LogP) is 2.79. The van der Waals surface area contributed by atoms with Crippen molar-refractivity contribution in [3.05, 3.63) is 34.9 Å². The fourth-order valence-corrected chi connectivity index (χ4v) is 5.12. The summed E-state index contributed by atoms with van der Waals surface area (Å²) in [6.07, 6.45) is 1.97. The molecule has 2 N–H and O–H groups in total. The monoisotopic (exact) mass is 444 g/mol. The zero-order chi connectivity index (χ0) is 21.3. The van der Waals surface area contributed by atoms with Crippen LogP contribution in [0.5, 0.6) is 0 Å². The van der Waals surface area contributed by atoms with E-state index in [2.05, 4.69) is 15.6 Å². The Labute approximate surface area is 179 Å². The van der Waals surface area contributed by atoms with E-state index < -0.39 is 10.0 Å². The quantitative estimate of drug-likeness (QED) is 0.452. The zero-order valence-corrected chi connectivity index (χ0v) is 19.1. The lowest BCUT2D eigenvalue weighted by atomic mass is 10.1. The molecular weight excluding hydrogens is 412 g/mol. The molecule has 29 heavy (non-hydrogen) atoms. The molecule has 0 bridgehead atoms. The summed E-state index contributed by atoms with van der Waals surface area (Å²) in [4.78, 5) is 4.68. The maximum absolute atomic E-state index is 12.2. The number of guanidine groups is 1. The summed E-state index contributed by atoms with van der Waals surface area (Å²) in [7, 11) is -1.46. The first kappa shape index (κ1) is 23.9. The van der Waals surface area contributed by atoms with Gasteiger partial charge >= 0.3 is 0 Å². The number of aliphatic imine (C=N–C) groups is 1. The van der Waals surface area contributed by atoms with Gasteiger partial charge in [-0.25, -0.2) is 12.7 Å². The van der Waals surface area contributed by atoms with Crippen LogP contribution in [0, 0.1) is 0 Å². The van der Waals surface area contributed by atoms with Crippen molar-refractivity contribution in [3.63, 3.8) is 0 Å². The third kappa shape index (κ3) is 7.44. The molecule has 1 heterocycles. The Bertz CT molecular complexity index is 765. The molecule has 0 aromatic heterocycles. The van der Waals surface area contributed by atoms with Gasteiger partial charge in [0, 0.05) is 37.8 Å². The number of benzene rings is 1. The van der Waals surface area contributed by atoms with Gasteiger partial charge in [-0.1, -0.05) is 30.7 Å². The minimum atomic E-state index is -3.12. The molecule has 2 rings (SSSR count). The lowest BCUT2D eigenvalue weighted by molar-refractivity contribution is 0.111. The maximum Gasteiger partial charge on any atom is 0.214 e. The van der Waals surface area contributed by atoms with Crippen LogP contribution in [0.2, 0.25) is 5.02 Å². The van der Waals surface area contributed by atoms with E-state index in [9.17, 15) is 8.42 Å². The second kappa shape index (κ2) is 11.7. The molecule has 0 amide bonds. The number of hydrogen-bond donors (Lipinski definition) is 2. The first-order valence-electron chi connectivity index (χ1n) is 10.2. The van der Waals surface area contributed by atoms with Gasteiger partial charge in [0.15, 0.2) is 5.96 Å². The van der Waals surface area contributed by atoms with Gasteiger partial charge in [0.05, 0.1) is 12.3 Å². The van der Waals surface area contributed by atoms with Crippen LogP contribution in [-0.2, 0) is 14.8 Å². The van der Waals surface area contributed by atoms with Gasteiger partial charge < -0.3 is 15.4 Å². The molecule has 0 saturated carbocycles. The molecule has 7 nitrogen and oxygen atoms in total. The van der Waals surface area contributed by atoms with Crippen molar-refractivity contribution >= 4 is 27.6 Å². The second-order valence-corrected chi connectivity index (χ2v) is 9.66. The average Bonchev–Trinajstić information content (AvgIpc) is 2.69. The number of nitrogens with one attached hydrogen (secondary N) is 2. The van der Waals surface area contributed by atoms with E-state index in [0.29, 0.717) is 37.0 Å². The van der Waals surface area contributed by atoms with Crippen molar-refractivity contribution in [2.75, 3.05) is 39.0 Å². The lowest BCUT2D eigenvalue weighted by Crippen LogP contribution is -2.50. The Morgan fingerprint density at radius 1 is 1.34 bits per heavy atom. The van der Waals surface area contributed by atoms with Gasteiger partial charge in [-0.15, -0.1) is 0 Å². The van der Waals surface area contributed by atoms with Crippen molar-refractivity contribution in [3.8, 4) is 0 Å². The molecule has 1 saturated heterocycles. The van der Waals surface area contributed by atoms with E-state index in [1.54, 1.807) is 11.4 Å². The summed E-state index contributed by atoms with van der Waals surface area (Å²) < 4.78 is 31.7. The van der Waals surface area contributed by atoms with E-state index in [1.165, 1.54) is 0 Å². The number of hydrogen-bond acceptors (Lipinski definition) is 4. The number of piperidine rings is 1. The van der Waals surface area contributed by atoms with Gasteiger partial charge in [0.2, 0.25) is 10.0 Å². The third-order valence-corrected chi connectivity index (χ3v) is 7.23. The van der Waals surface area contributed by atoms with Crippen LogP contribution in [0.4, 0.5) is 0 Å². The van der Waals surface area contributed by atoms with Crippen LogP contribution in [0.15, 0.2) is 29.3 Å². The number of methoxy groups -OCH3 is 1. The van der Waals surface area contributed by atoms with E-state index in [4.69, 9.17) is 16.3 Å². The topological polar surface area (TPSA) is 83.0 Å². The normalized spacial score (nSPS) is 17.9. The molecule has 0 radical (unpaired) electrons. The van der Waals surface area contributed by atoms with Gasteiger partial charge in [-0.2, -0.15) is 0 Å². The predicted molar refractivity (Wildman–Crippen MR) is 119 cm³/mol. The summed E-state index contributed by atoms with van der Waals surface area (Å²) in [5, 5.41) is 7.37. The van der Waals surface area contributed by atoms with E-state index in [0.717, 1.165) is 24.9 Å². The summed E-state index contributed by atoms with van der Waals surface area (Å²) >= 11 is 6.09. The highest BCUT2D eigenvalue weighted by atomic mass is 35.5. The lowest BCUT2D eigenvalue weighted by Gasteiger charge is -2.32.